The van der Waals surface area contributed by atoms with Gasteiger partial charge in [0.05, 0.1) is 6.61 Å². The summed E-state index contributed by atoms with van der Waals surface area (Å²) in [6.07, 6.45) is 4.07. The highest BCUT2D eigenvalue weighted by Gasteiger charge is 2.35. The Morgan fingerprint density at radius 1 is 1.30 bits per heavy atom. The summed E-state index contributed by atoms with van der Waals surface area (Å²) in [5.41, 5.74) is 2.27. The van der Waals surface area contributed by atoms with Gasteiger partial charge in [-0.15, -0.1) is 0 Å². The first-order valence-corrected chi connectivity index (χ1v) is 10.0. The van der Waals surface area contributed by atoms with Crippen molar-refractivity contribution in [3.8, 4) is 0 Å². The first kappa shape index (κ1) is 19.7. The lowest BCUT2D eigenvalue weighted by Crippen LogP contribution is -2.40. The number of hydrogen-bond donors (Lipinski definition) is 2. The van der Waals surface area contributed by atoms with E-state index in [1.807, 2.05) is 37.8 Å². The molecule has 1 saturated heterocycles. The van der Waals surface area contributed by atoms with Crippen LogP contribution in [0.1, 0.15) is 55.5 Å². The Morgan fingerprint density at radius 2 is 2.07 bits per heavy atom. The summed E-state index contributed by atoms with van der Waals surface area (Å²) >= 11 is 0. The van der Waals surface area contributed by atoms with Crippen LogP contribution in [-0.2, 0) is 4.74 Å². The molecule has 0 spiro atoms. The van der Waals surface area contributed by atoms with Gasteiger partial charge < -0.3 is 20.3 Å². The van der Waals surface area contributed by atoms with Gasteiger partial charge in [0.1, 0.15) is 0 Å². The second-order valence-corrected chi connectivity index (χ2v) is 7.86. The van der Waals surface area contributed by atoms with E-state index in [1.54, 1.807) is 6.07 Å². The van der Waals surface area contributed by atoms with Gasteiger partial charge in [-0.1, -0.05) is 6.92 Å². The van der Waals surface area contributed by atoms with Crippen LogP contribution in [-0.4, -0.2) is 48.7 Å². The van der Waals surface area contributed by atoms with Crippen molar-refractivity contribution in [3.63, 3.8) is 0 Å². The Labute approximate surface area is 161 Å². The molecule has 27 heavy (non-hydrogen) atoms. The molecule has 6 nitrogen and oxygen atoms in total. The van der Waals surface area contributed by atoms with Crippen LogP contribution in [0.25, 0.3) is 0 Å². The standard InChI is InChI=1S/C21H31N3O3/c1-4-15(3)22-20(25)17-5-8-19(14(2)11-17)23-21(26)24(18-6-7-18)12-16-9-10-27-13-16/h5,8,11,15-16,18H,4,6-7,9-10,12-13H2,1-3H3,(H,22,25)(H,23,26). The van der Waals surface area contributed by atoms with Gasteiger partial charge in [0.2, 0.25) is 0 Å². The number of nitrogens with zero attached hydrogens (tertiary/aromatic N) is 1. The molecular formula is C21H31N3O3. The van der Waals surface area contributed by atoms with Crippen molar-refractivity contribution in [2.45, 2.75) is 58.5 Å². The third-order valence-electron chi connectivity index (χ3n) is 5.45. The van der Waals surface area contributed by atoms with E-state index >= 15 is 0 Å². The topological polar surface area (TPSA) is 70.7 Å². The quantitative estimate of drug-likeness (QED) is 0.768. The van der Waals surface area contributed by atoms with E-state index in [0.29, 0.717) is 17.5 Å². The number of rotatable bonds is 7. The lowest BCUT2D eigenvalue weighted by atomic mass is 10.1. The summed E-state index contributed by atoms with van der Waals surface area (Å²) in [6.45, 7) is 8.24. The van der Waals surface area contributed by atoms with E-state index in [9.17, 15) is 9.59 Å². The van der Waals surface area contributed by atoms with Gasteiger partial charge in [-0.25, -0.2) is 4.79 Å². The van der Waals surface area contributed by atoms with E-state index in [4.69, 9.17) is 4.74 Å². The molecule has 2 N–H and O–H groups in total. The Morgan fingerprint density at radius 3 is 2.67 bits per heavy atom. The molecule has 2 fully saturated rings. The lowest BCUT2D eigenvalue weighted by Gasteiger charge is -2.26. The maximum absolute atomic E-state index is 12.8. The molecule has 1 aliphatic carbocycles. The molecule has 148 valence electrons. The molecule has 0 bridgehead atoms. The summed E-state index contributed by atoms with van der Waals surface area (Å²) in [4.78, 5) is 27.1. The van der Waals surface area contributed by atoms with Gasteiger partial charge in [-0.2, -0.15) is 0 Å². The van der Waals surface area contributed by atoms with Crippen LogP contribution in [0.15, 0.2) is 18.2 Å². The Kier molecular flexibility index (Phi) is 6.37. The van der Waals surface area contributed by atoms with Crippen molar-refractivity contribution in [2.75, 3.05) is 25.1 Å². The van der Waals surface area contributed by atoms with Gasteiger partial charge in [-0.3, -0.25) is 4.79 Å². The number of ether oxygens (including phenoxy) is 1. The minimum absolute atomic E-state index is 0.0516. The first-order valence-electron chi connectivity index (χ1n) is 10.0. The summed E-state index contributed by atoms with van der Waals surface area (Å²) < 4.78 is 5.45. The molecule has 1 aliphatic heterocycles. The molecular weight excluding hydrogens is 342 g/mol. The lowest BCUT2D eigenvalue weighted by molar-refractivity contribution is 0.0939. The zero-order valence-corrected chi connectivity index (χ0v) is 16.6. The molecule has 1 aromatic rings. The number of carbonyl (C=O) groups excluding carboxylic acids is 2. The van der Waals surface area contributed by atoms with E-state index in [1.165, 1.54) is 0 Å². The molecule has 1 heterocycles. The fourth-order valence-electron chi connectivity index (χ4n) is 3.33. The molecule has 3 amide bonds. The molecule has 0 aromatic heterocycles. The van der Waals surface area contributed by atoms with Crippen LogP contribution < -0.4 is 10.6 Å². The van der Waals surface area contributed by atoms with Crippen LogP contribution in [0.2, 0.25) is 0 Å². The Balaban J connectivity index is 1.63. The summed E-state index contributed by atoms with van der Waals surface area (Å²) in [5, 5.41) is 6.01. The second-order valence-electron chi connectivity index (χ2n) is 7.86. The number of benzene rings is 1. The van der Waals surface area contributed by atoms with Gasteiger partial charge in [0.25, 0.3) is 5.91 Å². The Hall–Kier alpha value is -2.08. The van der Waals surface area contributed by atoms with Crippen molar-refractivity contribution in [1.29, 1.82) is 0 Å². The van der Waals surface area contributed by atoms with Gasteiger partial charge in [0.15, 0.2) is 0 Å². The number of nitrogens with one attached hydrogen (secondary N) is 2. The fraction of sp³-hybridized carbons (Fsp3) is 0.619. The third kappa shape index (κ3) is 5.22. The zero-order chi connectivity index (χ0) is 19.4. The summed E-state index contributed by atoms with van der Waals surface area (Å²) in [7, 11) is 0. The maximum atomic E-state index is 12.8. The first-order chi connectivity index (χ1) is 13.0. The summed E-state index contributed by atoms with van der Waals surface area (Å²) in [5.74, 6) is 0.357. The molecule has 1 aromatic carbocycles. The average Bonchev–Trinajstić information content (AvgIpc) is 3.36. The van der Waals surface area contributed by atoms with Crippen LogP contribution in [0.3, 0.4) is 0 Å². The highest BCUT2D eigenvalue weighted by Crippen LogP contribution is 2.30. The van der Waals surface area contributed by atoms with Crippen LogP contribution in [0.5, 0.6) is 0 Å². The van der Waals surface area contributed by atoms with Gasteiger partial charge in [-0.05, 0) is 63.3 Å². The van der Waals surface area contributed by atoms with Crippen LogP contribution in [0, 0.1) is 12.8 Å². The van der Waals surface area contributed by atoms with E-state index in [2.05, 4.69) is 10.6 Å². The molecule has 1 saturated carbocycles. The molecule has 2 atom stereocenters. The fourth-order valence-corrected chi connectivity index (χ4v) is 3.33. The number of carbonyl (C=O) groups is 2. The van der Waals surface area contributed by atoms with Crippen molar-refractivity contribution in [3.05, 3.63) is 29.3 Å². The molecule has 2 unspecified atom stereocenters. The van der Waals surface area contributed by atoms with Crippen LogP contribution >= 0.6 is 0 Å². The largest absolute Gasteiger partial charge is 0.381 e. The monoisotopic (exact) mass is 373 g/mol. The smallest absolute Gasteiger partial charge is 0.322 e. The maximum Gasteiger partial charge on any atom is 0.322 e. The van der Waals surface area contributed by atoms with Gasteiger partial charge in [0, 0.05) is 42.4 Å². The predicted molar refractivity (Wildman–Crippen MR) is 106 cm³/mol. The highest BCUT2D eigenvalue weighted by atomic mass is 16.5. The van der Waals surface area contributed by atoms with Crippen molar-refractivity contribution in [1.82, 2.24) is 10.2 Å². The predicted octanol–water partition coefficient (Wildman–Crippen LogP) is 3.56. The van der Waals surface area contributed by atoms with Crippen molar-refractivity contribution < 1.29 is 14.3 Å². The number of urea groups is 1. The molecule has 2 aliphatic rings. The minimum atomic E-state index is -0.0776. The molecule has 0 radical (unpaired) electrons. The van der Waals surface area contributed by atoms with E-state index in [-0.39, 0.29) is 18.0 Å². The minimum Gasteiger partial charge on any atom is -0.381 e. The second kappa shape index (κ2) is 8.74. The normalized spacial score (nSPS) is 20.2. The SMILES string of the molecule is CCC(C)NC(=O)c1ccc(NC(=O)N(CC2CCOC2)C2CC2)c(C)c1. The number of aryl methyl sites for hydroxylation is 1. The Bertz CT molecular complexity index is 681. The highest BCUT2D eigenvalue weighted by molar-refractivity contribution is 5.96. The van der Waals surface area contributed by atoms with E-state index < -0.39 is 0 Å². The number of anilines is 1. The van der Waals surface area contributed by atoms with Crippen LogP contribution in [0.4, 0.5) is 10.5 Å². The average molecular weight is 373 g/mol. The van der Waals surface area contributed by atoms with Gasteiger partial charge >= 0.3 is 6.03 Å². The summed E-state index contributed by atoms with van der Waals surface area (Å²) in [6, 6.07) is 5.87. The zero-order valence-electron chi connectivity index (χ0n) is 16.6. The number of amides is 3. The van der Waals surface area contributed by atoms with Crippen molar-refractivity contribution >= 4 is 17.6 Å². The van der Waals surface area contributed by atoms with Crippen molar-refractivity contribution in [2.24, 2.45) is 5.92 Å². The molecule has 3 rings (SSSR count). The van der Waals surface area contributed by atoms with E-state index in [0.717, 1.165) is 56.7 Å². The number of hydrogen-bond acceptors (Lipinski definition) is 3. The molecule has 6 heteroatoms. The third-order valence-corrected chi connectivity index (χ3v) is 5.45.